The summed E-state index contributed by atoms with van der Waals surface area (Å²) < 4.78 is 5.49. The largest absolute Gasteiger partial charge is 0.378 e. The summed E-state index contributed by atoms with van der Waals surface area (Å²) in [7, 11) is 0. The van der Waals surface area contributed by atoms with Gasteiger partial charge in [0.2, 0.25) is 0 Å². The lowest BCUT2D eigenvalue weighted by Crippen LogP contribution is -2.46. The maximum Gasteiger partial charge on any atom is 0.0622 e. The number of unbranched alkanes of at least 4 members (excludes halogenated alkanes) is 1. The summed E-state index contributed by atoms with van der Waals surface area (Å²) in [5, 5.41) is 8.45. The number of nitrogens with zero attached hydrogens (tertiary/aromatic N) is 2. The van der Waals surface area contributed by atoms with Crippen LogP contribution in [0.15, 0.2) is 0 Å². The van der Waals surface area contributed by atoms with Crippen LogP contribution >= 0.6 is 0 Å². The highest BCUT2D eigenvalue weighted by atomic mass is 16.5. The number of ether oxygens (including phenoxy) is 1. The van der Waals surface area contributed by atoms with Gasteiger partial charge in [-0.05, 0) is 25.8 Å². The molecule has 2 atom stereocenters. The monoisotopic (exact) mass is 180 g/mol. The summed E-state index contributed by atoms with van der Waals surface area (Å²) in [6.45, 7) is 2.90. The maximum absolute atomic E-state index is 8.45. The van der Waals surface area contributed by atoms with Crippen LogP contribution in [0.25, 0.3) is 0 Å². The molecule has 0 amide bonds. The Bertz CT molecular complexity index is 195. The predicted octanol–water partition coefficient (Wildman–Crippen LogP) is 1.15. The Morgan fingerprint density at radius 1 is 1.31 bits per heavy atom. The molecule has 2 rings (SSSR count). The normalized spacial score (nSPS) is 33.2. The Morgan fingerprint density at radius 2 is 2.00 bits per heavy atom. The van der Waals surface area contributed by atoms with Gasteiger partial charge in [0, 0.05) is 18.5 Å². The van der Waals surface area contributed by atoms with Crippen molar-refractivity contribution in [3.63, 3.8) is 0 Å². The second-order valence-corrected chi connectivity index (χ2v) is 3.92. The van der Waals surface area contributed by atoms with Gasteiger partial charge in [-0.3, -0.25) is 4.90 Å². The second-order valence-electron chi connectivity index (χ2n) is 3.92. The number of nitriles is 1. The lowest BCUT2D eigenvalue weighted by atomic mass is 10.2. The van der Waals surface area contributed by atoms with Crippen LogP contribution < -0.4 is 0 Å². The zero-order valence-corrected chi connectivity index (χ0v) is 7.91. The highest BCUT2D eigenvalue weighted by Gasteiger charge is 2.36. The van der Waals surface area contributed by atoms with E-state index in [0.29, 0.717) is 18.5 Å². The van der Waals surface area contributed by atoms with Crippen LogP contribution in [0.3, 0.4) is 0 Å². The fourth-order valence-corrected chi connectivity index (χ4v) is 2.42. The van der Waals surface area contributed by atoms with Gasteiger partial charge >= 0.3 is 0 Å². The van der Waals surface area contributed by atoms with Crippen LogP contribution in [-0.4, -0.2) is 36.7 Å². The Hall–Kier alpha value is -0.590. The molecule has 0 saturated carbocycles. The summed E-state index contributed by atoms with van der Waals surface area (Å²) in [4.78, 5) is 2.54. The summed E-state index contributed by atoms with van der Waals surface area (Å²) in [5.74, 6) is 0. The van der Waals surface area contributed by atoms with E-state index in [9.17, 15) is 0 Å². The minimum Gasteiger partial charge on any atom is -0.378 e. The molecule has 0 aromatic rings. The van der Waals surface area contributed by atoms with Gasteiger partial charge in [-0.25, -0.2) is 0 Å². The average Bonchev–Trinajstić information content (AvgIpc) is 2.38. The van der Waals surface area contributed by atoms with E-state index in [-0.39, 0.29) is 0 Å². The number of rotatable bonds is 3. The molecular formula is C10H16N2O. The first-order chi connectivity index (χ1) is 6.42. The van der Waals surface area contributed by atoms with Crippen LogP contribution in [0.4, 0.5) is 0 Å². The molecule has 2 aliphatic heterocycles. The van der Waals surface area contributed by atoms with Crippen molar-refractivity contribution in [3.05, 3.63) is 0 Å². The van der Waals surface area contributed by atoms with Crippen molar-refractivity contribution in [1.29, 1.82) is 5.26 Å². The third-order valence-electron chi connectivity index (χ3n) is 3.10. The molecular weight excluding hydrogens is 164 g/mol. The van der Waals surface area contributed by atoms with Crippen molar-refractivity contribution in [1.82, 2.24) is 4.90 Å². The van der Waals surface area contributed by atoms with Crippen molar-refractivity contribution in [3.8, 4) is 6.07 Å². The molecule has 3 nitrogen and oxygen atoms in total. The lowest BCUT2D eigenvalue weighted by molar-refractivity contribution is -0.0146. The van der Waals surface area contributed by atoms with Crippen molar-refractivity contribution in [2.75, 3.05) is 19.8 Å². The molecule has 2 fully saturated rings. The molecule has 2 saturated heterocycles. The summed E-state index contributed by atoms with van der Waals surface area (Å²) >= 11 is 0. The smallest absolute Gasteiger partial charge is 0.0622 e. The third-order valence-corrected chi connectivity index (χ3v) is 3.10. The van der Waals surface area contributed by atoms with Gasteiger partial charge in [-0.15, -0.1) is 0 Å². The minimum absolute atomic E-state index is 0.650. The molecule has 72 valence electrons. The Morgan fingerprint density at radius 3 is 2.62 bits per heavy atom. The highest BCUT2D eigenvalue weighted by Crippen LogP contribution is 2.28. The van der Waals surface area contributed by atoms with E-state index in [1.165, 1.54) is 12.8 Å². The first-order valence-electron chi connectivity index (χ1n) is 5.12. The van der Waals surface area contributed by atoms with E-state index in [1.807, 2.05) is 0 Å². The van der Waals surface area contributed by atoms with E-state index >= 15 is 0 Å². The number of hydrogen-bond acceptors (Lipinski definition) is 3. The van der Waals surface area contributed by atoms with Crippen molar-refractivity contribution < 1.29 is 4.74 Å². The lowest BCUT2D eigenvalue weighted by Gasteiger charge is -2.34. The quantitative estimate of drug-likeness (QED) is 0.611. The molecule has 2 aliphatic rings. The number of hydrogen-bond donors (Lipinski definition) is 0. The van der Waals surface area contributed by atoms with Crippen molar-refractivity contribution in [2.24, 2.45) is 0 Å². The molecule has 0 N–H and O–H groups in total. The summed E-state index contributed by atoms with van der Waals surface area (Å²) in [6, 6.07) is 3.50. The molecule has 2 heterocycles. The molecule has 0 aromatic carbocycles. The molecule has 0 aliphatic carbocycles. The Labute approximate surface area is 79.3 Å². The molecule has 13 heavy (non-hydrogen) atoms. The van der Waals surface area contributed by atoms with Gasteiger partial charge in [0.1, 0.15) is 0 Å². The van der Waals surface area contributed by atoms with Crippen LogP contribution in [0.5, 0.6) is 0 Å². The van der Waals surface area contributed by atoms with Crippen LogP contribution in [0, 0.1) is 11.3 Å². The van der Waals surface area contributed by atoms with Crippen LogP contribution in [0.1, 0.15) is 25.7 Å². The molecule has 0 spiro atoms. The average molecular weight is 180 g/mol. The number of morpholine rings is 1. The number of fused-ring (bicyclic) bond motifs is 2. The first-order valence-corrected chi connectivity index (χ1v) is 5.12. The zero-order chi connectivity index (χ0) is 9.10. The second kappa shape index (κ2) is 4.08. The van der Waals surface area contributed by atoms with E-state index in [4.69, 9.17) is 10.00 Å². The Kier molecular flexibility index (Phi) is 2.82. The molecule has 3 heteroatoms. The fraction of sp³-hybridized carbons (Fsp3) is 0.900. The standard InChI is InChI=1S/C10H16N2O/c11-5-1-2-6-12-9-3-4-10(12)8-13-7-9/h9-10H,1-4,6-8H2. The summed E-state index contributed by atoms with van der Waals surface area (Å²) in [6.07, 6.45) is 4.29. The molecule has 0 radical (unpaired) electrons. The van der Waals surface area contributed by atoms with Crippen LogP contribution in [-0.2, 0) is 4.74 Å². The van der Waals surface area contributed by atoms with Gasteiger partial charge in [-0.2, -0.15) is 5.26 Å². The van der Waals surface area contributed by atoms with E-state index in [2.05, 4.69) is 11.0 Å². The Balaban J connectivity index is 1.82. The topological polar surface area (TPSA) is 36.3 Å². The predicted molar refractivity (Wildman–Crippen MR) is 49.2 cm³/mol. The van der Waals surface area contributed by atoms with E-state index < -0.39 is 0 Å². The maximum atomic E-state index is 8.45. The van der Waals surface area contributed by atoms with Crippen molar-refractivity contribution >= 4 is 0 Å². The molecule has 2 unspecified atom stereocenters. The van der Waals surface area contributed by atoms with Gasteiger partial charge < -0.3 is 4.74 Å². The van der Waals surface area contributed by atoms with Gasteiger partial charge in [0.05, 0.1) is 19.3 Å². The third kappa shape index (κ3) is 1.84. The van der Waals surface area contributed by atoms with Crippen LogP contribution in [0.2, 0.25) is 0 Å². The van der Waals surface area contributed by atoms with Crippen molar-refractivity contribution in [2.45, 2.75) is 37.8 Å². The minimum atomic E-state index is 0.650. The van der Waals surface area contributed by atoms with E-state index in [1.54, 1.807) is 0 Å². The SMILES string of the molecule is N#CCCCN1C2CCC1COC2. The first kappa shape index (κ1) is 8.98. The van der Waals surface area contributed by atoms with E-state index in [0.717, 1.165) is 26.2 Å². The summed E-state index contributed by atoms with van der Waals surface area (Å²) in [5.41, 5.74) is 0. The zero-order valence-electron chi connectivity index (χ0n) is 7.91. The molecule has 0 aromatic heterocycles. The highest BCUT2D eigenvalue weighted by molar-refractivity contribution is 4.90. The van der Waals surface area contributed by atoms with Gasteiger partial charge in [0.25, 0.3) is 0 Å². The fourth-order valence-electron chi connectivity index (χ4n) is 2.42. The van der Waals surface area contributed by atoms with Gasteiger partial charge in [0.15, 0.2) is 0 Å². The van der Waals surface area contributed by atoms with Gasteiger partial charge in [-0.1, -0.05) is 0 Å². The molecule has 2 bridgehead atoms.